The number of carbonyl (C=O) groups is 2. The number of rotatable bonds is 16. The first-order chi connectivity index (χ1) is 24.8. The number of amides is 3. The Morgan fingerprint density at radius 2 is 1.57 bits per heavy atom. The molecule has 1 fully saturated rings. The lowest BCUT2D eigenvalue weighted by molar-refractivity contribution is -0.180. The molecule has 1 unspecified atom stereocenters. The average molecular weight is 694 g/mol. The van der Waals surface area contributed by atoms with E-state index in [1.54, 1.807) is 4.90 Å². The normalized spacial score (nSPS) is 16.2. The highest BCUT2D eigenvalue weighted by atomic mass is 16.7. The van der Waals surface area contributed by atoms with Crippen molar-refractivity contribution in [3.63, 3.8) is 0 Å². The van der Waals surface area contributed by atoms with E-state index >= 15 is 0 Å². The van der Waals surface area contributed by atoms with Gasteiger partial charge in [0.25, 0.3) is 0 Å². The summed E-state index contributed by atoms with van der Waals surface area (Å²) in [5.41, 5.74) is 6.52. The minimum Gasteiger partial charge on any atom is -0.463 e. The Hall–Kier alpha value is -4.90. The molecule has 0 spiro atoms. The number of nitrogens with zero attached hydrogens (tertiary/aromatic N) is 1. The van der Waals surface area contributed by atoms with Crippen LogP contribution in [0.25, 0.3) is 11.1 Å². The first-order valence-electron chi connectivity index (χ1n) is 17.7. The van der Waals surface area contributed by atoms with Gasteiger partial charge in [-0.2, -0.15) is 0 Å². The highest BCUT2D eigenvalue weighted by Crippen LogP contribution is 2.35. The molecule has 0 bridgehead atoms. The maximum Gasteiger partial charge on any atom is 0.410 e. The Bertz CT molecular complexity index is 1750. The van der Waals surface area contributed by atoms with Crippen LogP contribution in [0, 0.1) is 0 Å². The topological polar surface area (TPSA) is 108 Å². The third-order valence-electron chi connectivity index (χ3n) is 8.82. The third-order valence-corrected chi connectivity index (χ3v) is 8.82. The van der Waals surface area contributed by atoms with Gasteiger partial charge < -0.3 is 39.2 Å². The lowest BCUT2D eigenvalue weighted by Crippen LogP contribution is -2.35. The van der Waals surface area contributed by atoms with Gasteiger partial charge in [-0.05, 0) is 71.5 Å². The highest BCUT2D eigenvalue weighted by Gasteiger charge is 2.33. The third kappa shape index (κ3) is 10.6. The highest BCUT2D eigenvalue weighted by molar-refractivity contribution is 5.99. The largest absolute Gasteiger partial charge is 0.463 e. The zero-order valence-electron chi connectivity index (χ0n) is 29.4. The van der Waals surface area contributed by atoms with Gasteiger partial charge in [-0.25, -0.2) is 9.59 Å². The van der Waals surface area contributed by atoms with Crippen molar-refractivity contribution in [2.75, 3.05) is 43.5 Å². The fraction of sp³-hybridized carbons (Fsp3) is 0.366. The van der Waals surface area contributed by atoms with Gasteiger partial charge in [0.2, 0.25) is 5.79 Å². The Labute approximate surface area is 300 Å². The molecule has 4 aromatic carbocycles. The van der Waals surface area contributed by atoms with E-state index in [-0.39, 0.29) is 18.2 Å². The summed E-state index contributed by atoms with van der Waals surface area (Å²) < 4.78 is 28.9. The molecule has 2 heterocycles. The number of ether oxygens (including phenoxy) is 5. The van der Waals surface area contributed by atoms with E-state index in [9.17, 15) is 9.59 Å². The van der Waals surface area contributed by atoms with Crippen LogP contribution in [0.4, 0.5) is 21.0 Å². The van der Waals surface area contributed by atoms with Crippen LogP contribution in [0.1, 0.15) is 62.3 Å². The smallest absolute Gasteiger partial charge is 0.410 e. The molecule has 0 aromatic heterocycles. The second kappa shape index (κ2) is 17.4. The second-order valence-corrected chi connectivity index (χ2v) is 13.3. The number of unbranched alkanes of at least 4 members (excludes halogenated alkanes) is 3. The number of cyclic esters (lactones) is 1. The van der Waals surface area contributed by atoms with Gasteiger partial charge in [0.1, 0.15) is 11.9 Å². The van der Waals surface area contributed by atoms with Crippen LogP contribution < -0.4 is 15.4 Å². The van der Waals surface area contributed by atoms with Crippen molar-refractivity contribution < 1.29 is 33.3 Å². The van der Waals surface area contributed by atoms with Gasteiger partial charge >= 0.3 is 12.1 Å². The van der Waals surface area contributed by atoms with Crippen molar-refractivity contribution in [3.05, 3.63) is 114 Å². The monoisotopic (exact) mass is 693 g/mol. The Balaban J connectivity index is 0.794. The summed E-state index contributed by atoms with van der Waals surface area (Å²) in [6.07, 6.45) is 3.38. The standard InChI is InChI=1S/C41H47N3O7/c1-41(2)49-29-34-26-33(17-20-37(34)51-41)38-27-44(40(46)50-38)21-8-3-4-9-22-47-23-24-48-28-30-11-10-14-36(25-30)43-39(45)42-35-18-15-32(16-19-35)31-12-6-5-7-13-31/h5-7,10-20,25-26,38H,3-4,8-9,21-24,27-29H2,1-2H3,(H2,42,43,45). The summed E-state index contributed by atoms with van der Waals surface area (Å²) >= 11 is 0. The summed E-state index contributed by atoms with van der Waals surface area (Å²) in [5, 5.41) is 5.77. The predicted molar refractivity (Wildman–Crippen MR) is 197 cm³/mol. The molecule has 10 heteroatoms. The van der Waals surface area contributed by atoms with E-state index in [1.807, 2.05) is 98.8 Å². The van der Waals surface area contributed by atoms with E-state index < -0.39 is 5.79 Å². The summed E-state index contributed by atoms with van der Waals surface area (Å²) in [6.45, 7) is 7.59. The fourth-order valence-corrected chi connectivity index (χ4v) is 6.10. The number of benzene rings is 4. The second-order valence-electron chi connectivity index (χ2n) is 13.3. The van der Waals surface area contributed by atoms with Gasteiger partial charge in [0.05, 0.1) is 33.0 Å². The lowest BCUT2D eigenvalue weighted by atomic mass is 10.0. The van der Waals surface area contributed by atoms with Gasteiger partial charge in [-0.1, -0.05) is 73.5 Å². The van der Waals surface area contributed by atoms with Gasteiger partial charge in [0, 0.05) is 43.9 Å². The predicted octanol–water partition coefficient (Wildman–Crippen LogP) is 8.93. The van der Waals surface area contributed by atoms with Crippen LogP contribution in [0.2, 0.25) is 0 Å². The summed E-state index contributed by atoms with van der Waals surface area (Å²) in [7, 11) is 0. The zero-order valence-corrected chi connectivity index (χ0v) is 29.4. The van der Waals surface area contributed by atoms with Gasteiger partial charge in [-0.3, -0.25) is 0 Å². The summed E-state index contributed by atoms with van der Waals surface area (Å²) in [5.74, 6) is 0.175. The van der Waals surface area contributed by atoms with Crippen molar-refractivity contribution in [3.8, 4) is 16.9 Å². The average Bonchev–Trinajstić information content (AvgIpc) is 3.50. The number of hydrogen-bond donors (Lipinski definition) is 2. The maximum atomic E-state index is 12.6. The molecule has 3 amide bonds. The fourth-order valence-electron chi connectivity index (χ4n) is 6.10. The lowest BCUT2D eigenvalue weighted by Gasteiger charge is -2.32. The van der Waals surface area contributed by atoms with Crippen molar-refractivity contribution in [1.82, 2.24) is 4.90 Å². The molecule has 1 atom stereocenters. The zero-order chi connectivity index (χ0) is 35.5. The van der Waals surface area contributed by atoms with E-state index in [1.165, 1.54) is 0 Å². The number of urea groups is 1. The molecule has 51 heavy (non-hydrogen) atoms. The van der Waals surface area contributed by atoms with Crippen LogP contribution in [-0.2, 0) is 32.2 Å². The summed E-state index contributed by atoms with van der Waals surface area (Å²) in [6, 6.07) is 31.1. The quantitative estimate of drug-likeness (QED) is 0.113. The molecule has 10 nitrogen and oxygen atoms in total. The van der Waals surface area contributed by atoms with E-state index in [2.05, 4.69) is 22.8 Å². The molecule has 2 N–H and O–H groups in total. The molecule has 6 rings (SSSR count). The molecule has 2 aliphatic heterocycles. The number of nitrogens with one attached hydrogen (secondary N) is 2. The van der Waals surface area contributed by atoms with Crippen molar-refractivity contribution in [2.24, 2.45) is 0 Å². The first-order valence-corrected chi connectivity index (χ1v) is 17.7. The number of fused-ring (bicyclic) bond motifs is 1. The van der Waals surface area contributed by atoms with Crippen LogP contribution in [0.15, 0.2) is 97.1 Å². The van der Waals surface area contributed by atoms with Crippen molar-refractivity contribution in [2.45, 2.75) is 64.6 Å². The van der Waals surface area contributed by atoms with E-state index in [0.717, 1.165) is 59.3 Å². The Morgan fingerprint density at radius 1 is 0.804 bits per heavy atom. The molecular weight excluding hydrogens is 646 g/mol. The SMILES string of the molecule is CC1(C)OCc2cc(C3CN(CCCCCCOCCOCc4cccc(NC(=O)Nc5ccc(-c6ccccc6)cc5)c4)C(=O)O3)ccc2O1. The van der Waals surface area contributed by atoms with Crippen LogP contribution in [0.3, 0.4) is 0 Å². The van der Waals surface area contributed by atoms with Crippen molar-refractivity contribution >= 4 is 23.5 Å². The molecule has 2 aliphatic rings. The van der Waals surface area contributed by atoms with E-state index in [4.69, 9.17) is 23.7 Å². The number of anilines is 2. The minimum absolute atomic E-state index is 0.260. The van der Waals surface area contributed by atoms with Gasteiger partial charge in [0.15, 0.2) is 0 Å². The first kappa shape index (κ1) is 35.9. The molecule has 0 radical (unpaired) electrons. The Kier molecular flexibility index (Phi) is 12.2. The molecule has 4 aromatic rings. The van der Waals surface area contributed by atoms with Crippen LogP contribution >= 0.6 is 0 Å². The molecule has 0 saturated carbocycles. The molecule has 0 aliphatic carbocycles. The molecular formula is C41H47N3O7. The minimum atomic E-state index is -0.638. The van der Waals surface area contributed by atoms with E-state index in [0.29, 0.717) is 57.5 Å². The van der Waals surface area contributed by atoms with Gasteiger partial charge in [-0.15, -0.1) is 0 Å². The van der Waals surface area contributed by atoms with Crippen LogP contribution in [0.5, 0.6) is 5.75 Å². The van der Waals surface area contributed by atoms with Crippen LogP contribution in [-0.4, -0.2) is 55.7 Å². The maximum absolute atomic E-state index is 12.6. The van der Waals surface area contributed by atoms with Crippen molar-refractivity contribution in [1.29, 1.82) is 0 Å². The molecule has 268 valence electrons. The number of carbonyl (C=O) groups excluding carboxylic acids is 2. The summed E-state index contributed by atoms with van der Waals surface area (Å²) in [4.78, 5) is 26.9. The Morgan fingerprint density at radius 3 is 2.41 bits per heavy atom. The number of hydrogen-bond acceptors (Lipinski definition) is 7. The molecule has 1 saturated heterocycles.